The minimum atomic E-state index is -0.867. The van der Waals surface area contributed by atoms with E-state index in [1.165, 1.54) is 0 Å². The Hall–Kier alpha value is -2.30. The Kier molecular flexibility index (Phi) is 5.96. The maximum Gasteiger partial charge on any atom is 0.407 e. The lowest BCUT2D eigenvalue weighted by Gasteiger charge is -2.19. The third-order valence-corrected chi connectivity index (χ3v) is 2.39. The van der Waals surface area contributed by atoms with Crippen LogP contribution < -0.4 is 5.32 Å². The highest BCUT2D eigenvalue weighted by Crippen LogP contribution is 2.09. The van der Waals surface area contributed by atoms with Gasteiger partial charge in [-0.25, -0.2) is 4.79 Å². The van der Waals surface area contributed by atoms with Gasteiger partial charge in [-0.3, -0.25) is 4.79 Å². The number of carbonyl (C=O) groups excluding carboxylic acids is 1. The summed E-state index contributed by atoms with van der Waals surface area (Å²) in [4.78, 5) is 22.0. The number of carboxylic acids is 1. The van der Waals surface area contributed by atoms with Crippen molar-refractivity contribution in [3.8, 4) is 0 Å². The summed E-state index contributed by atoms with van der Waals surface area (Å²) in [5.74, 6) is -0.867. The molecular weight excluding hydrogens is 270 g/mol. The zero-order chi connectivity index (χ0) is 15.9. The Morgan fingerprint density at radius 3 is 2.67 bits per heavy atom. The summed E-state index contributed by atoms with van der Waals surface area (Å²) in [6.45, 7) is 5.77. The summed E-state index contributed by atoms with van der Waals surface area (Å²) < 4.78 is 5.15. The van der Waals surface area contributed by atoms with Gasteiger partial charge in [0.2, 0.25) is 0 Å². The van der Waals surface area contributed by atoms with Crippen molar-refractivity contribution in [3.63, 3.8) is 0 Å². The topological polar surface area (TPSA) is 75.6 Å². The van der Waals surface area contributed by atoms with Crippen molar-refractivity contribution in [1.82, 2.24) is 5.32 Å². The van der Waals surface area contributed by atoms with Crippen LogP contribution in [0.4, 0.5) is 4.79 Å². The Balaban J connectivity index is 2.55. The van der Waals surface area contributed by atoms with Crippen LogP contribution in [0.1, 0.15) is 38.3 Å². The summed E-state index contributed by atoms with van der Waals surface area (Å²) >= 11 is 0. The molecule has 0 aliphatic carbocycles. The SMILES string of the molecule is CC(C)(C)OC(=O)NCc1cccc(C=CCC(=O)O)c1. The molecule has 0 aliphatic rings. The Morgan fingerprint density at radius 2 is 2.05 bits per heavy atom. The monoisotopic (exact) mass is 291 g/mol. The van der Waals surface area contributed by atoms with Crippen LogP contribution in [-0.4, -0.2) is 22.8 Å². The van der Waals surface area contributed by atoms with Crippen molar-refractivity contribution in [2.75, 3.05) is 0 Å². The van der Waals surface area contributed by atoms with Crippen LogP contribution in [0.2, 0.25) is 0 Å². The van der Waals surface area contributed by atoms with Gasteiger partial charge in [-0.15, -0.1) is 0 Å². The summed E-state index contributed by atoms with van der Waals surface area (Å²) in [6.07, 6.45) is 2.85. The van der Waals surface area contributed by atoms with E-state index in [0.717, 1.165) is 11.1 Å². The minimum Gasteiger partial charge on any atom is -0.481 e. The highest BCUT2D eigenvalue weighted by molar-refractivity contribution is 5.70. The van der Waals surface area contributed by atoms with E-state index in [1.807, 2.05) is 24.3 Å². The van der Waals surface area contributed by atoms with Gasteiger partial charge in [0, 0.05) is 6.54 Å². The molecule has 0 fully saturated rings. The van der Waals surface area contributed by atoms with Gasteiger partial charge < -0.3 is 15.2 Å². The summed E-state index contributed by atoms with van der Waals surface area (Å²) in [7, 11) is 0. The Labute approximate surface area is 124 Å². The van der Waals surface area contributed by atoms with Crippen molar-refractivity contribution in [3.05, 3.63) is 41.5 Å². The minimum absolute atomic E-state index is 0.0135. The fourth-order valence-corrected chi connectivity index (χ4v) is 1.59. The third-order valence-electron chi connectivity index (χ3n) is 2.39. The quantitative estimate of drug-likeness (QED) is 0.873. The standard InChI is InChI=1S/C16H21NO4/c1-16(2,3)21-15(20)17-11-13-8-4-6-12(10-13)7-5-9-14(18)19/h4-8,10H,9,11H2,1-3H3,(H,17,20)(H,18,19). The molecule has 0 radical (unpaired) electrons. The molecule has 5 nitrogen and oxygen atoms in total. The smallest absolute Gasteiger partial charge is 0.407 e. The largest absolute Gasteiger partial charge is 0.481 e. The van der Waals surface area contributed by atoms with E-state index < -0.39 is 17.7 Å². The maximum absolute atomic E-state index is 11.6. The number of carboxylic acid groups (broad SMARTS) is 1. The van der Waals surface area contributed by atoms with Crippen molar-refractivity contribution in [1.29, 1.82) is 0 Å². The van der Waals surface area contributed by atoms with Gasteiger partial charge >= 0.3 is 12.1 Å². The Bertz CT molecular complexity index is 529. The molecule has 21 heavy (non-hydrogen) atoms. The predicted molar refractivity (Wildman–Crippen MR) is 80.8 cm³/mol. The molecule has 2 N–H and O–H groups in total. The molecule has 1 aromatic carbocycles. The van der Waals surface area contributed by atoms with Crippen LogP contribution in [0.3, 0.4) is 0 Å². The van der Waals surface area contributed by atoms with Crippen molar-refractivity contribution < 1.29 is 19.4 Å². The second-order valence-corrected chi connectivity index (χ2v) is 5.60. The van der Waals surface area contributed by atoms with E-state index in [2.05, 4.69) is 5.32 Å². The molecule has 5 heteroatoms. The molecule has 0 heterocycles. The van der Waals surface area contributed by atoms with E-state index in [9.17, 15) is 9.59 Å². The molecule has 1 aromatic rings. The molecule has 0 atom stereocenters. The Morgan fingerprint density at radius 1 is 1.33 bits per heavy atom. The molecule has 0 aliphatic heterocycles. The molecule has 0 aromatic heterocycles. The number of carbonyl (C=O) groups is 2. The van der Waals surface area contributed by atoms with Gasteiger partial charge in [0.25, 0.3) is 0 Å². The number of aliphatic carboxylic acids is 1. The van der Waals surface area contributed by atoms with Gasteiger partial charge in [0.05, 0.1) is 6.42 Å². The van der Waals surface area contributed by atoms with E-state index in [4.69, 9.17) is 9.84 Å². The molecule has 0 spiro atoms. The first-order valence-corrected chi connectivity index (χ1v) is 6.70. The highest BCUT2D eigenvalue weighted by Gasteiger charge is 2.15. The number of hydrogen-bond acceptors (Lipinski definition) is 3. The van der Waals surface area contributed by atoms with Crippen molar-refractivity contribution in [2.24, 2.45) is 0 Å². The lowest BCUT2D eigenvalue weighted by atomic mass is 10.1. The van der Waals surface area contributed by atoms with Gasteiger partial charge in [0.15, 0.2) is 0 Å². The lowest BCUT2D eigenvalue weighted by molar-refractivity contribution is -0.135. The van der Waals surface area contributed by atoms with Crippen molar-refractivity contribution >= 4 is 18.1 Å². The average Bonchev–Trinajstić information content (AvgIpc) is 2.34. The van der Waals surface area contributed by atoms with Gasteiger partial charge in [-0.1, -0.05) is 30.4 Å². The normalized spacial score (nSPS) is 11.4. The highest BCUT2D eigenvalue weighted by atomic mass is 16.6. The van der Waals surface area contributed by atoms with E-state index in [1.54, 1.807) is 32.9 Å². The number of rotatable bonds is 5. The molecule has 0 saturated carbocycles. The van der Waals surface area contributed by atoms with Crippen LogP contribution >= 0.6 is 0 Å². The maximum atomic E-state index is 11.6. The zero-order valence-electron chi connectivity index (χ0n) is 12.6. The van der Waals surface area contributed by atoms with Crippen LogP contribution in [0, 0.1) is 0 Å². The molecule has 0 bridgehead atoms. The average molecular weight is 291 g/mol. The molecule has 1 amide bonds. The summed E-state index contributed by atoms with van der Waals surface area (Å²) in [6, 6.07) is 7.49. The van der Waals surface area contributed by atoms with Crippen LogP contribution in [0.15, 0.2) is 30.3 Å². The molecule has 0 saturated heterocycles. The number of benzene rings is 1. The van der Waals surface area contributed by atoms with Gasteiger partial charge in [-0.2, -0.15) is 0 Å². The number of alkyl carbamates (subject to hydrolysis) is 1. The van der Waals surface area contributed by atoms with Crippen LogP contribution in [0.5, 0.6) is 0 Å². The van der Waals surface area contributed by atoms with E-state index in [0.29, 0.717) is 6.54 Å². The van der Waals surface area contributed by atoms with Crippen molar-refractivity contribution in [2.45, 2.75) is 39.3 Å². The van der Waals surface area contributed by atoms with Crippen LogP contribution in [-0.2, 0) is 16.1 Å². The fourth-order valence-electron chi connectivity index (χ4n) is 1.59. The first-order valence-electron chi connectivity index (χ1n) is 6.70. The summed E-state index contributed by atoms with van der Waals surface area (Å²) in [5, 5.41) is 11.2. The predicted octanol–water partition coefficient (Wildman–Crippen LogP) is 3.20. The van der Waals surface area contributed by atoms with Gasteiger partial charge in [0.1, 0.15) is 5.60 Å². The van der Waals surface area contributed by atoms with E-state index >= 15 is 0 Å². The second-order valence-electron chi connectivity index (χ2n) is 5.60. The molecule has 114 valence electrons. The number of amides is 1. The third kappa shape index (κ3) is 7.77. The summed E-state index contributed by atoms with van der Waals surface area (Å²) in [5.41, 5.74) is 1.28. The van der Waals surface area contributed by atoms with E-state index in [-0.39, 0.29) is 6.42 Å². The first kappa shape index (κ1) is 16.8. The molecule has 0 unspecified atom stereocenters. The molecule has 1 rings (SSSR count). The number of ether oxygens (including phenoxy) is 1. The van der Waals surface area contributed by atoms with Crippen LogP contribution in [0.25, 0.3) is 6.08 Å². The number of nitrogens with one attached hydrogen (secondary N) is 1. The first-order chi connectivity index (χ1) is 9.76. The number of hydrogen-bond donors (Lipinski definition) is 2. The van der Waals surface area contributed by atoms with Gasteiger partial charge in [-0.05, 0) is 38.0 Å². The fraction of sp³-hybridized carbons (Fsp3) is 0.375. The zero-order valence-corrected chi connectivity index (χ0v) is 12.6. The molecular formula is C16H21NO4. The lowest BCUT2D eigenvalue weighted by Crippen LogP contribution is -2.32. The second kappa shape index (κ2) is 7.47.